The molecule has 1 aromatic rings. The van der Waals surface area contributed by atoms with E-state index < -0.39 is 11.7 Å². The average Bonchev–Trinajstić information content (AvgIpc) is 2.09. The lowest BCUT2D eigenvalue weighted by Gasteiger charge is -2.14. The van der Waals surface area contributed by atoms with Crippen molar-refractivity contribution in [2.75, 3.05) is 0 Å². The Morgan fingerprint density at radius 2 is 2.00 bits per heavy atom. The van der Waals surface area contributed by atoms with Crippen molar-refractivity contribution in [1.82, 2.24) is 0 Å². The maximum absolute atomic E-state index is 12.7. The summed E-state index contributed by atoms with van der Waals surface area (Å²) in [5.74, 6) is 0. The first-order chi connectivity index (χ1) is 6.88. The highest BCUT2D eigenvalue weighted by molar-refractivity contribution is 14.1. The van der Waals surface area contributed by atoms with Crippen molar-refractivity contribution in [3.8, 4) is 6.07 Å². The topological polar surface area (TPSA) is 23.8 Å². The second kappa shape index (κ2) is 4.70. The highest BCUT2D eigenvalue weighted by Gasteiger charge is 2.36. The monoisotopic (exact) mass is 389 g/mol. The molecule has 0 aliphatic carbocycles. The van der Waals surface area contributed by atoms with Crippen LogP contribution in [-0.2, 0) is 12.6 Å². The Balaban J connectivity index is 3.47. The molecule has 0 unspecified atom stereocenters. The quantitative estimate of drug-likeness (QED) is 0.662. The van der Waals surface area contributed by atoms with Crippen LogP contribution in [0.1, 0.15) is 11.1 Å². The summed E-state index contributed by atoms with van der Waals surface area (Å²) >= 11 is 4.65. The maximum atomic E-state index is 12.7. The summed E-state index contributed by atoms with van der Waals surface area (Å²) in [5, 5.41) is 8.49. The Hall–Kier alpha value is -0.290. The first-order valence-electron chi connectivity index (χ1n) is 3.79. The molecule has 0 spiro atoms. The van der Waals surface area contributed by atoms with Crippen LogP contribution < -0.4 is 0 Å². The van der Waals surface area contributed by atoms with Gasteiger partial charge in [0.15, 0.2) is 0 Å². The van der Waals surface area contributed by atoms with E-state index in [-0.39, 0.29) is 16.5 Å². The van der Waals surface area contributed by atoms with Crippen molar-refractivity contribution in [2.45, 2.75) is 12.6 Å². The Bertz CT molecular complexity index is 423. The normalized spacial score (nSPS) is 11.2. The second-order valence-electron chi connectivity index (χ2n) is 2.72. The van der Waals surface area contributed by atoms with Gasteiger partial charge in [-0.15, -0.1) is 0 Å². The molecule has 0 amide bonds. The van der Waals surface area contributed by atoms with Gasteiger partial charge in [0.1, 0.15) is 0 Å². The molecule has 0 heterocycles. The largest absolute Gasteiger partial charge is 0.417 e. The lowest BCUT2D eigenvalue weighted by atomic mass is 10.1. The minimum atomic E-state index is -4.44. The highest BCUT2D eigenvalue weighted by Crippen LogP contribution is 2.39. The Labute approximate surface area is 107 Å². The molecule has 0 N–H and O–H groups in total. The van der Waals surface area contributed by atoms with Gasteiger partial charge in [-0.2, -0.15) is 18.4 Å². The molecule has 0 fully saturated rings. The van der Waals surface area contributed by atoms with Gasteiger partial charge < -0.3 is 0 Å². The van der Waals surface area contributed by atoms with Gasteiger partial charge in [-0.1, -0.05) is 15.9 Å². The molecule has 15 heavy (non-hydrogen) atoms. The zero-order valence-corrected chi connectivity index (χ0v) is 10.9. The summed E-state index contributed by atoms with van der Waals surface area (Å²) in [6.07, 6.45) is -4.68. The number of halogens is 5. The van der Waals surface area contributed by atoms with E-state index in [1.54, 1.807) is 34.7 Å². The van der Waals surface area contributed by atoms with Crippen molar-refractivity contribution in [2.24, 2.45) is 0 Å². The number of hydrogen-bond donors (Lipinski definition) is 0. The van der Waals surface area contributed by atoms with Crippen LogP contribution in [0.5, 0.6) is 0 Å². The smallest absolute Gasteiger partial charge is 0.198 e. The number of benzene rings is 1. The minimum Gasteiger partial charge on any atom is -0.198 e. The first-order valence-corrected chi connectivity index (χ1v) is 5.66. The predicted octanol–water partition coefficient (Wildman–Crippen LogP) is 4.14. The summed E-state index contributed by atoms with van der Waals surface area (Å²) in [4.78, 5) is 0. The number of hydrogen-bond acceptors (Lipinski definition) is 1. The number of alkyl halides is 3. The highest BCUT2D eigenvalue weighted by atomic mass is 127. The van der Waals surface area contributed by atoms with Crippen molar-refractivity contribution < 1.29 is 13.2 Å². The number of nitriles is 1. The van der Waals surface area contributed by atoms with E-state index in [4.69, 9.17) is 5.26 Å². The van der Waals surface area contributed by atoms with Crippen molar-refractivity contribution in [3.63, 3.8) is 0 Å². The van der Waals surface area contributed by atoms with Gasteiger partial charge in [0, 0.05) is 8.04 Å². The molecule has 1 nitrogen and oxygen atoms in total. The summed E-state index contributed by atoms with van der Waals surface area (Å²) in [6, 6.07) is 4.63. The van der Waals surface area contributed by atoms with Crippen LogP contribution in [0.2, 0.25) is 0 Å². The van der Waals surface area contributed by atoms with E-state index in [0.717, 1.165) is 0 Å². The third-order valence-electron chi connectivity index (χ3n) is 1.74. The predicted molar refractivity (Wildman–Crippen MR) is 61.2 cm³/mol. The molecule has 0 radical (unpaired) electrons. The molecule has 0 aromatic heterocycles. The summed E-state index contributed by atoms with van der Waals surface area (Å²) < 4.78 is 38.4. The summed E-state index contributed by atoms with van der Waals surface area (Å²) in [7, 11) is 0. The van der Waals surface area contributed by atoms with Gasteiger partial charge in [0.25, 0.3) is 0 Å². The third kappa shape index (κ3) is 2.84. The van der Waals surface area contributed by atoms with Gasteiger partial charge >= 0.3 is 6.18 Å². The number of rotatable bonds is 1. The van der Waals surface area contributed by atoms with Gasteiger partial charge in [-0.05, 0) is 40.3 Å². The van der Waals surface area contributed by atoms with Crippen LogP contribution in [0.3, 0.4) is 0 Å². The van der Waals surface area contributed by atoms with Gasteiger partial charge in [0.05, 0.1) is 18.1 Å². The maximum Gasteiger partial charge on any atom is 0.417 e. The zero-order valence-electron chi connectivity index (χ0n) is 7.20. The molecule has 80 valence electrons. The lowest BCUT2D eigenvalue weighted by Crippen LogP contribution is -2.11. The van der Waals surface area contributed by atoms with Crippen molar-refractivity contribution >= 4 is 38.5 Å². The summed E-state index contributed by atoms with van der Waals surface area (Å²) in [6.45, 7) is 0. The third-order valence-corrected chi connectivity index (χ3v) is 3.42. The van der Waals surface area contributed by atoms with Crippen LogP contribution in [-0.4, -0.2) is 0 Å². The molecule has 0 aliphatic heterocycles. The molecule has 0 bridgehead atoms. The molecule has 0 saturated carbocycles. The molecule has 0 aliphatic rings. The fourth-order valence-corrected chi connectivity index (χ4v) is 2.39. The van der Waals surface area contributed by atoms with E-state index in [1.165, 1.54) is 6.07 Å². The minimum absolute atomic E-state index is 0.0272. The van der Waals surface area contributed by atoms with Crippen LogP contribution in [0, 0.1) is 14.9 Å². The molecule has 0 atom stereocenters. The molecule has 1 rings (SSSR count). The Morgan fingerprint density at radius 1 is 1.40 bits per heavy atom. The van der Waals surface area contributed by atoms with Crippen LogP contribution in [0.15, 0.2) is 16.6 Å². The van der Waals surface area contributed by atoms with Crippen LogP contribution in [0.25, 0.3) is 0 Å². The zero-order chi connectivity index (χ0) is 11.6. The van der Waals surface area contributed by atoms with Gasteiger partial charge in [-0.25, -0.2) is 0 Å². The summed E-state index contributed by atoms with van der Waals surface area (Å²) in [5.41, 5.74) is -0.726. The fraction of sp³-hybridized carbons (Fsp3) is 0.222. The van der Waals surface area contributed by atoms with Crippen molar-refractivity contribution in [1.29, 1.82) is 5.26 Å². The van der Waals surface area contributed by atoms with Gasteiger partial charge in [-0.3, -0.25) is 0 Å². The van der Waals surface area contributed by atoms with Crippen LogP contribution in [0.4, 0.5) is 13.2 Å². The standard InChI is InChI=1S/C9H4BrF3IN/c10-6-1-2-7(14)5(3-4-15)8(6)9(11,12)13/h1-2H,3H2. The van der Waals surface area contributed by atoms with E-state index in [2.05, 4.69) is 15.9 Å². The molecular formula is C9H4BrF3IN. The molecule has 6 heteroatoms. The molecular weight excluding hydrogens is 386 g/mol. The van der Waals surface area contributed by atoms with E-state index >= 15 is 0 Å². The average molecular weight is 390 g/mol. The Kier molecular flexibility index (Phi) is 4.00. The van der Waals surface area contributed by atoms with E-state index in [1.807, 2.05) is 0 Å². The van der Waals surface area contributed by atoms with Gasteiger partial charge in [0.2, 0.25) is 0 Å². The van der Waals surface area contributed by atoms with E-state index in [9.17, 15) is 13.2 Å². The van der Waals surface area contributed by atoms with E-state index in [0.29, 0.717) is 3.57 Å². The van der Waals surface area contributed by atoms with Crippen LogP contribution >= 0.6 is 38.5 Å². The first kappa shape index (κ1) is 12.8. The molecule has 0 saturated heterocycles. The molecule has 1 aromatic carbocycles. The number of nitrogens with zero attached hydrogens (tertiary/aromatic N) is 1. The Morgan fingerprint density at radius 3 is 2.47 bits per heavy atom. The second-order valence-corrected chi connectivity index (χ2v) is 4.73. The van der Waals surface area contributed by atoms with Crippen molar-refractivity contribution in [3.05, 3.63) is 31.3 Å². The SMILES string of the molecule is N#CCc1c(I)ccc(Br)c1C(F)(F)F. The lowest BCUT2D eigenvalue weighted by molar-refractivity contribution is -0.138. The fourth-order valence-electron chi connectivity index (χ4n) is 1.15.